The molecule has 0 aromatic heterocycles. The summed E-state index contributed by atoms with van der Waals surface area (Å²) in [5.41, 5.74) is 0. The van der Waals surface area contributed by atoms with Crippen LogP contribution in [0.25, 0.3) is 0 Å². The minimum atomic E-state index is -0.307. The van der Waals surface area contributed by atoms with Gasteiger partial charge in [-0.3, -0.25) is 0 Å². The highest BCUT2D eigenvalue weighted by molar-refractivity contribution is 5.74. The highest BCUT2D eigenvalue weighted by Gasteiger charge is 2.23. The van der Waals surface area contributed by atoms with Gasteiger partial charge in [0.2, 0.25) is 0 Å². The van der Waals surface area contributed by atoms with Crippen molar-refractivity contribution in [1.29, 1.82) is 0 Å². The van der Waals surface area contributed by atoms with E-state index in [1.165, 1.54) is 38.6 Å². The molecule has 2 fully saturated rings. The highest BCUT2D eigenvalue weighted by Crippen LogP contribution is 2.25. The van der Waals surface area contributed by atoms with Crippen molar-refractivity contribution in [2.75, 3.05) is 26.2 Å². The maximum Gasteiger partial charge on any atom is 0.315 e. The van der Waals surface area contributed by atoms with Crippen molar-refractivity contribution in [2.45, 2.75) is 76.9 Å². The summed E-state index contributed by atoms with van der Waals surface area (Å²) < 4.78 is 0. The number of likely N-dealkylation sites (tertiary alicyclic amines) is 1. The Morgan fingerprint density at radius 3 is 2.52 bits per heavy atom. The average molecular weight is 325 g/mol. The van der Waals surface area contributed by atoms with Crippen LogP contribution in [0.1, 0.15) is 64.7 Å². The second-order valence-corrected chi connectivity index (χ2v) is 7.33. The molecule has 0 spiro atoms. The van der Waals surface area contributed by atoms with Gasteiger partial charge in [0.15, 0.2) is 0 Å². The minimum absolute atomic E-state index is 0.0842. The lowest BCUT2D eigenvalue weighted by molar-refractivity contribution is 0.153. The van der Waals surface area contributed by atoms with Gasteiger partial charge in [0, 0.05) is 32.2 Å². The number of rotatable bonds is 7. The van der Waals surface area contributed by atoms with E-state index in [1.807, 2.05) is 6.92 Å². The molecular weight excluding hydrogens is 290 g/mol. The first-order chi connectivity index (χ1) is 11.2. The van der Waals surface area contributed by atoms with Crippen LogP contribution in [0.4, 0.5) is 4.79 Å². The van der Waals surface area contributed by atoms with Gasteiger partial charge in [0.1, 0.15) is 0 Å². The van der Waals surface area contributed by atoms with Crippen molar-refractivity contribution in [3.63, 3.8) is 0 Å². The number of carbonyl (C=O) groups is 1. The molecule has 0 aromatic carbocycles. The van der Waals surface area contributed by atoms with Gasteiger partial charge in [-0.15, -0.1) is 0 Å². The van der Waals surface area contributed by atoms with Crippen LogP contribution in [0, 0.1) is 5.92 Å². The van der Waals surface area contributed by atoms with Crippen molar-refractivity contribution >= 4 is 6.03 Å². The smallest absolute Gasteiger partial charge is 0.315 e. The summed E-state index contributed by atoms with van der Waals surface area (Å²) in [7, 11) is 0. The average Bonchev–Trinajstić information content (AvgIpc) is 2.57. The molecule has 1 saturated carbocycles. The summed E-state index contributed by atoms with van der Waals surface area (Å²) in [6, 6.07) is 0.215. The third kappa shape index (κ3) is 7.08. The van der Waals surface area contributed by atoms with Gasteiger partial charge in [0.05, 0.1) is 6.10 Å². The van der Waals surface area contributed by atoms with E-state index in [-0.39, 0.29) is 12.1 Å². The first-order valence-corrected chi connectivity index (χ1v) is 9.62. The maximum atomic E-state index is 11.9. The molecular formula is C18H35N3O2. The summed E-state index contributed by atoms with van der Waals surface area (Å²) >= 11 is 0. The molecule has 0 aromatic rings. The Morgan fingerprint density at radius 2 is 1.87 bits per heavy atom. The molecule has 23 heavy (non-hydrogen) atoms. The number of carbonyl (C=O) groups excluding carboxylic acids is 1. The largest absolute Gasteiger partial charge is 0.393 e. The number of amides is 2. The fourth-order valence-corrected chi connectivity index (χ4v) is 3.79. The van der Waals surface area contributed by atoms with Crippen LogP contribution in [0.5, 0.6) is 0 Å². The predicted octanol–water partition coefficient (Wildman–Crippen LogP) is 2.49. The zero-order valence-corrected chi connectivity index (χ0v) is 14.7. The van der Waals surface area contributed by atoms with E-state index in [1.54, 1.807) is 0 Å². The minimum Gasteiger partial charge on any atom is -0.393 e. The molecule has 2 aliphatic rings. The Morgan fingerprint density at radius 1 is 1.17 bits per heavy atom. The molecule has 1 heterocycles. The van der Waals surface area contributed by atoms with Crippen LogP contribution in [0.2, 0.25) is 0 Å². The molecule has 2 amide bonds. The lowest BCUT2D eigenvalue weighted by atomic mass is 9.88. The standard InChI is InChI=1S/C18H35N3O2/c1-2-17(22)8-11-19-18(23)20-16-9-12-21(13-10-16)14-15-6-4-3-5-7-15/h15-17,22H,2-14H2,1H3,(H2,19,20,23). The lowest BCUT2D eigenvalue weighted by Gasteiger charge is -2.35. The third-order valence-corrected chi connectivity index (χ3v) is 5.40. The van der Waals surface area contributed by atoms with E-state index < -0.39 is 0 Å². The molecule has 1 saturated heterocycles. The zero-order chi connectivity index (χ0) is 16.5. The number of aliphatic hydroxyl groups excluding tert-OH is 1. The van der Waals surface area contributed by atoms with E-state index >= 15 is 0 Å². The Labute approximate surface area is 141 Å². The predicted molar refractivity (Wildman–Crippen MR) is 93.5 cm³/mol. The summed E-state index contributed by atoms with van der Waals surface area (Å²) in [5, 5.41) is 15.4. The first-order valence-electron chi connectivity index (χ1n) is 9.62. The van der Waals surface area contributed by atoms with Crippen molar-refractivity contribution in [2.24, 2.45) is 5.92 Å². The molecule has 1 unspecified atom stereocenters. The van der Waals surface area contributed by atoms with Crippen LogP contribution in [-0.2, 0) is 0 Å². The molecule has 2 rings (SSSR count). The van der Waals surface area contributed by atoms with Crippen LogP contribution in [0.15, 0.2) is 0 Å². The maximum absolute atomic E-state index is 11.9. The zero-order valence-electron chi connectivity index (χ0n) is 14.7. The van der Waals surface area contributed by atoms with Crippen LogP contribution < -0.4 is 10.6 Å². The van der Waals surface area contributed by atoms with E-state index in [0.29, 0.717) is 19.0 Å². The van der Waals surface area contributed by atoms with Gasteiger partial charge in [0.25, 0.3) is 0 Å². The molecule has 1 atom stereocenters. The Kier molecular flexibility index (Phi) is 8.17. The Bertz CT molecular complexity index is 337. The quantitative estimate of drug-likeness (QED) is 0.674. The van der Waals surface area contributed by atoms with E-state index in [4.69, 9.17) is 0 Å². The molecule has 134 valence electrons. The third-order valence-electron chi connectivity index (χ3n) is 5.40. The van der Waals surface area contributed by atoms with Gasteiger partial charge < -0.3 is 20.6 Å². The normalized spacial score (nSPS) is 22.7. The van der Waals surface area contributed by atoms with Gasteiger partial charge >= 0.3 is 6.03 Å². The van der Waals surface area contributed by atoms with Gasteiger partial charge in [-0.25, -0.2) is 4.79 Å². The number of aliphatic hydroxyl groups is 1. The molecule has 3 N–H and O–H groups in total. The second kappa shape index (κ2) is 10.1. The molecule has 5 heteroatoms. The number of nitrogens with zero attached hydrogens (tertiary/aromatic N) is 1. The highest BCUT2D eigenvalue weighted by atomic mass is 16.3. The Hall–Kier alpha value is -0.810. The van der Waals surface area contributed by atoms with E-state index in [2.05, 4.69) is 15.5 Å². The second-order valence-electron chi connectivity index (χ2n) is 7.33. The number of nitrogens with one attached hydrogen (secondary N) is 2. The van der Waals surface area contributed by atoms with Crippen LogP contribution in [0.3, 0.4) is 0 Å². The van der Waals surface area contributed by atoms with Gasteiger partial charge in [-0.05, 0) is 44.4 Å². The van der Waals surface area contributed by atoms with Gasteiger partial charge in [-0.2, -0.15) is 0 Å². The van der Waals surface area contributed by atoms with Crippen molar-refractivity contribution in [1.82, 2.24) is 15.5 Å². The Balaban J connectivity index is 1.56. The van der Waals surface area contributed by atoms with E-state index in [0.717, 1.165) is 38.3 Å². The van der Waals surface area contributed by atoms with Gasteiger partial charge in [-0.1, -0.05) is 26.2 Å². The fraction of sp³-hybridized carbons (Fsp3) is 0.944. The number of urea groups is 1. The first kappa shape index (κ1) is 18.5. The summed E-state index contributed by atoms with van der Waals surface area (Å²) in [5.74, 6) is 0.904. The van der Waals surface area contributed by atoms with Crippen LogP contribution >= 0.6 is 0 Å². The van der Waals surface area contributed by atoms with Crippen molar-refractivity contribution in [3.8, 4) is 0 Å². The number of hydrogen-bond acceptors (Lipinski definition) is 3. The lowest BCUT2D eigenvalue weighted by Crippen LogP contribution is -2.49. The topological polar surface area (TPSA) is 64.6 Å². The molecule has 5 nitrogen and oxygen atoms in total. The monoisotopic (exact) mass is 325 g/mol. The molecule has 0 bridgehead atoms. The van der Waals surface area contributed by atoms with Crippen LogP contribution in [-0.4, -0.2) is 54.4 Å². The number of hydrogen-bond donors (Lipinski definition) is 3. The van der Waals surface area contributed by atoms with E-state index in [9.17, 15) is 9.90 Å². The molecule has 0 radical (unpaired) electrons. The summed E-state index contributed by atoms with van der Waals surface area (Å²) in [6.07, 6.45) is 10.2. The summed E-state index contributed by atoms with van der Waals surface area (Å²) in [4.78, 5) is 14.4. The molecule has 1 aliphatic heterocycles. The molecule has 1 aliphatic carbocycles. The SMILES string of the molecule is CCC(O)CCNC(=O)NC1CCN(CC2CCCCC2)CC1. The van der Waals surface area contributed by atoms with Crippen molar-refractivity contribution < 1.29 is 9.90 Å². The number of piperidine rings is 1. The van der Waals surface area contributed by atoms with Crippen molar-refractivity contribution in [3.05, 3.63) is 0 Å². The summed E-state index contributed by atoms with van der Waals surface area (Å²) in [6.45, 7) is 5.97. The fourth-order valence-electron chi connectivity index (χ4n) is 3.79.